The molecule has 0 radical (unpaired) electrons. The highest BCUT2D eigenvalue weighted by molar-refractivity contribution is 7.17. The third-order valence-electron chi connectivity index (χ3n) is 3.24. The molecule has 3 heterocycles. The number of thiazole rings is 1. The highest BCUT2D eigenvalue weighted by atomic mass is 32.1. The van der Waals surface area contributed by atoms with E-state index in [1.54, 1.807) is 12.4 Å². The summed E-state index contributed by atoms with van der Waals surface area (Å²) >= 11 is 1.36. The molecule has 0 aromatic carbocycles. The summed E-state index contributed by atoms with van der Waals surface area (Å²) in [4.78, 5) is 21.4. The van der Waals surface area contributed by atoms with Crippen molar-refractivity contribution >= 4 is 17.2 Å². The first kappa shape index (κ1) is 15.1. The minimum absolute atomic E-state index is 0.0734. The van der Waals surface area contributed by atoms with Gasteiger partial charge in [0.25, 0.3) is 5.91 Å². The summed E-state index contributed by atoms with van der Waals surface area (Å²) in [5.41, 5.74) is 1.62. The highest BCUT2D eigenvalue weighted by Gasteiger charge is 2.24. The number of nitrogens with one attached hydrogen (secondary N) is 1. The highest BCUT2D eigenvalue weighted by Crippen LogP contribution is 2.27. The van der Waals surface area contributed by atoms with Crippen molar-refractivity contribution in [3.05, 3.63) is 35.1 Å². The lowest BCUT2D eigenvalue weighted by atomic mass is 10.3. The fourth-order valence-electron chi connectivity index (χ4n) is 2.16. The minimum atomic E-state index is -0.370. The predicted molar refractivity (Wildman–Crippen MR) is 82.7 cm³/mol. The number of carbonyl (C=O) groups is 1. The molecule has 1 aliphatic heterocycles. The van der Waals surface area contributed by atoms with E-state index < -0.39 is 0 Å². The molecule has 2 unspecified atom stereocenters. The van der Waals surface area contributed by atoms with Crippen LogP contribution in [-0.2, 0) is 9.47 Å². The zero-order valence-corrected chi connectivity index (χ0v) is 13.2. The Morgan fingerprint density at radius 2 is 2.41 bits per heavy atom. The van der Waals surface area contributed by atoms with E-state index in [1.165, 1.54) is 11.3 Å². The monoisotopic (exact) mass is 319 g/mol. The molecule has 1 amide bonds. The van der Waals surface area contributed by atoms with Crippen molar-refractivity contribution in [1.29, 1.82) is 0 Å². The fourth-order valence-corrected chi connectivity index (χ4v) is 3.14. The summed E-state index contributed by atoms with van der Waals surface area (Å²) in [6.07, 6.45) is 3.15. The van der Waals surface area contributed by atoms with E-state index in [0.29, 0.717) is 23.7 Å². The van der Waals surface area contributed by atoms with Crippen molar-refractivity contribution in [3.8, 4) is 10.6 Å². The lowest BCUT2D eigenvalue weighted by Crippen LogP contribution is -2.32. The molecule has 22 heavy (non-hydrogen) atoms. The van der Waals surface area contributed by atoms with E-state index in [-0.39, 0.29) is 18.3 Å². The van der Waals surface area contributed by atoms with Crippen LogP contribution in [-0.4, -0.2) is 41.4 Å². The van der Waals surface area contributed by atoms with E-state index >= 15 is 0 Å². The van der Waals surface area contributed by atoms with Crippen LogP contribution < -0.4 is 5.32 Å². The van der Waals surface area contributed by atoms with Crippen LogP contribution in [0.4, 0.5) is 0 Å². The molecule has 7 heteroatoms. The number of ether oxygens (including phenoxy) is 2. The van der Waals surface area contributed by atoms with Gasteiger partial charge in [-0.3, -0.25) is 9.78 Å². The fraction of sp³-hybridized carbons (Fsp3) is 0.400. The number of nitrogens with zero attached hydrogens (tertiary/aromatic N) is 2. The van der Waals surface area contributed by atoms with Crippen molar-refractivity contribution in [2.45, 2.75) is 26.2 Å². The number of pyridine rings is 1. The number of hydrogen-bond acceptors (Lipinski definition) is 6. The second-order valence-corrected chi connectivity index (χ2v) is 6.09. The van der Waals surface area contributed by atoms with Gasteiger partial charge < -0.3 is 14.8 Å². The standard InChI is InChI=1S/C15H17N3O3S/c1-9-8-20-12(21-9)7-17-14(19)13-10(2)18-15(22-13)11-4-3-5-16-6-11/h3-6,9,12H,7-8H2,1-2H3,(H,17,19). The summed E-state index contributed by atoms with van der Waals surface area (Å²) in [7, 11) is 0. The normalized spacial score (nSPS) is 21.0. The van der Waals surface area contributed by atoms with E-state index in [2.05, 4.69) is 15.3 Å². The van der Waals surface area contributed by atoms with Gasteiger partial charge in [0, 0.05) is 18.0 Å². The Hall–Kier alpha value is -1.83. The third-order valence-corrected chi connectivity index (χ3v) is 4.45. The number of hydrogen-bond donors (Lipinski definition) is 1. The maximum Gasteiger partial charge on any atom is 0.263 e. The molecule has 3 rings (SSSR count). The molecule has 2 aromatic rings. The first-order valence-electron chi connectivity index (χ1n) is 7.06. The molecule has 1 N–H and O–H groups in total. The Kier molecular flexibility index (Phi) is 4.47. The molecule has 0 bridgehead atoms. The summed E-state index contributed by atoms with van der Waals surface area (Å²) in [6, 6.07) is 3.77. The SMILES string of the molecule is Cc1nc(-c2cccnc2)sc1C(=O)NCC1OCC(C)O1. The van der Waals surface area contributed by atoms with E-state index in [1.807, 2.05) is 26.0 Å². The molecule has 1 fully saturated rings. The average molecular weight is 319 g/mol. The molecule has 0 saturated carbocycles. The number of amides is 1. The second-order valence-electron chi connectivity index (χ2n) is 5.09. The minimum Gasteiger partial charge on any atom is -0.348 e. The van der Waals surface area contributed by atoms with Gasteiger partial charge in [-0.25, -0.2) is 4.98 Å². The Morgan fingerprint density at radius 1 is 1.55 bits per heavy atom. The molecular formula is C15H17N3O3S. The van der Waals surface area contributed by atoms with Crippen LogP contribution in [0.25, 0.3) is 10.6 Å². The Bertz CT molecular complexity index is 659. The number of carbonyl (C=O) groups excluding carboxylic acids is 1. The Balaban J connectivity index is 1.67. The van der Waals surface area contributed by atoms with Gasteiger partial charge in [0.2, 0.25) is 0 Å². The topological polar surface area (TPSA) is 73.3 Å². The molecule has 0 aliphatic carbocycles. The van der Waals surface area contributed by atoms with Crippen LogP contribution in [0.15, 0.2) is 24.5 Å². The number of aryl methyl sites for hydroxylation is 1. The molecular weight excluding hydrogens is 302 g/mol. The maximum absolute atomic E-state index is 12.3. The maximum atomic E-state index is 12.3. The lowest BCUT2D eigenvalue weighted by Gasteiger charge is -2.10. The van der Waals surface area contributed by atoms with Crippen molar-refractivity contribution in [2.24, 2.45) is 0 Å². The molecule has 0 spiro atoms. The van der Waals surface area contributed by atoms with Gasteiger partial charge in [-0.15, -0.1) is 11.3 Å². The molecule has 2 atom stereocenters. The van der Waals surface area contributed by atoms with Gasteiger partial charge in [0.05, 0.1) is 24.9 Å². The summed E-state index contributed by atoms with van der Waals surface area (Å²) in [5, 5.41) is 3.62. The van der Waals surface area contributed by atoms with Gasteiger partial charge in [-0.2, -0.15) is 0 Å². The van der Waals surface area contributed by atoms with Gasteiger partial charge in [-0.05, 0) is 26.0 Å². The van der Waals surface area contributed by atoms with Gasteiger partial charge in [0.15, 0.2) is 6.29 Å². The van der Waals surface area contributed by atoms with Crippen LogP contribution in [0.5, 0.6) is 0 Å². The van der Waals surface area contributed by atoms with Crippen molar-refractivity contribution in [1.82, 2.24) is 15.3 Å². The van der Waals surface area contributed by atoms with E-state index in [9.17, 15) is 4.79 Å². The first-order valence-corrected chi connectivity index (χ1v) is 7.88. The number of rotatable bonds is 4. The van der Waals surface area contributed by atoms with Crippen LogP contribution in [0.2, 0.25) is 0 Å². The zero-order valence-electron chi connectivity index (χ0n) is 12.4. The van der Waals surface area contributed by atoms with E-state index in [0.717, 1.165) is 10.6 Å². The second kappa shape index (κ2) is 6.51. The van der Waals surface area contributed by atoms with Crippen LogP contribution >= 0.6 is 11.3 Å². The van der Waals surface area contributed by atoms with Crippen LogP contribution in [0.3, 0.4) is 0 Å². The summed E-state index contributed by atoms with van der Waals surface area (Å²) < 4.78 is 10.9. The van der Waals surface area contributed by atoms with Crippen LogP contribution in [0.1, 0.15) is 22.3 Å². The smallest absolute Gasteiger partial charge is 0.263 e. The Labute approximate surface area is 132 Å². The van der Waals surface area contributed by atoms with E-state index in [4.69, 9.17) is 9.47 Å². The number of aromatic nitrogens is 2. The Morgan fingerprint density at radius 3 is 3.09 bits per heavy atom. The quantitative estimate of drug-likeness (QED) is 0.933. The predicted octanol–water partition coefficient (Wildman–Crippen LogP) is 2.00. The van der Waals surface area contributed by atoms with Crippen molar-refractivity contribution < 1.29 is 14.3 Å². The third kappa shape index (κ3) is 3.32. The summed E-state index contributed by atoms with van der Waals surface area (Å²) in [5.74, 6) is -0.156. The molecule has 2 aromatic heterocycles. The molecule has 1 aliphatic rings. The molecule has 116 valence electrons. The average Bonchev–Trinajstić information content (AvgIpc) is 3.12. The van der Waals surface area contributed by atoms with Crippen LogP contribution in [0, 0.1) is 6.92 Å². The molecule has 1 saturated heterocycles. The largest absolute Gasteiger partial charge is 0.348 e. The van der Waals surface area contributed by atoms with Crippen molar-refractivity contribution in [3.63, 3.8) is 0 Å². The van der Waals surface area contributed by atoms with Crippen molar-refractivity contribution in [2.75, 3.05) is 13.2 Å². The molecule has 6 nitrogen and oxygen atoms in total. The lowest BCUT2D eigenvalue weighted by molar-refractivity contribution is -0.0505. The van der Waals surface area contributed by atoms with Gasteiger partial charge in [-0.1, -0.05) is 0 Å². The zero-order chi connectivity index (χ0) is 15.5. The van der Waals surface area contributed by atoms with Gasteiger partial charge in [0.1, 0.15) is 9.88 Å². The summed E-state index contributed by atoms with van der Waals surface area (Å²) in [6.45, 7) is 4.67. The van der Waals surface area contributed by atoms with Gasteiger partial charge >= 0.3 is 0 Å². The first-order chi connectivity index (χ1) is 10.6.